The van der Waals surface area contributed by atoms with Crippen LogP contribution >= 0.6 is 0 Å². The van der Waals surface area contributed by atoms with Crippen LogP contribution in [0.15, 0.2) is 30.9 Å². The second-order valence-electron chi connectivity index (χ2n) is 6.04. The minimum Gasteiger partial charge on any atom is -0.496 e. The number of carbonyl (C=O) groups is 1. The van der Waals surface area contributed by atoms with Gasteiger partial charge in [0.25, 0.3) is 0 Å². The van der Waals surface area contributed by atoms with Gasteiger partial charge < -0.3 is 14.6 Å². The average molecular weight is 346 g/mol. The van der Waals surface area contributed by atoms with Crippen LogP contribution in [0.5, 0.6) is 5.75 Å². The summed E-state index contributed by atoms with van der Waals surface area (Å²) in [5, 5.41) is 13.2. The van der Waals surface area contributed by atoms with Crippen LogP contribution in [0.25, 0.3) is 0 Å². The fourth-order valence-corrected chi connectivity index (χ4v) is 3.06. The molecule has 2 aromatic rings. The molecule has 1 N–H and O–H groups in total. The fourth-order valence-electron chi connectivity index (χ4n) is 3.06. The van der Waals surface area contributed by atoms with Gasteiger partial charge in [-0.25, -0.2) is 9.67 Å². The van der Waals surface area contributed by atoms with Crippen molar-refractivity contribution in [3.63, 3.8) is 0 Å². The fraction of sp³-hybridized carbons (Fsp3) is 0.471. The Kier molecular flexibility index (Phi) is 5.62. The van der Waals surface area contributed by atoms with Gasteiger partial charge in [0.1, 0.15) is 18.4 Å². The summed E-state index contributed by atoms with van der Waals surface area (Å²) in [6.07, 6.45) is 3.25. The first-order valence-corrected chi connectivity index (χ1v) is 8.17. The maximum atomic E-state index is 11.1. The zero-order chi connectivity index (χ0) is 17.6. The molecule has 25 heavy (non-hydrogen) atoms. The standard InChI is InChI=1S/C17H22N4O4/c1-24-16-3-2-13(6-14(16)9-21-12-18-11-19-21)8-20-4-5-25-10-15(20)7-17(22)23/h2-3,6,11-12,15H,4-5,7-10H2,1H3,(H,22,23)/t15-/m1/s1. The lowest BCUT2D eigenvalue weighted by Gasteiger charge is -2.34. The normalized spacial score (nSPS) is 18.2. The van der Waals surface area contributed by atoms with Crippen LogP contribution in [-0.2, 0) is 22.6 Å². The molecule has 1 atom stereocenters. The Morgan fingerprint density at radius 3 is 3.04 bits per heavy atom. The van der Waals surface area contributed by atoms with Crippen LogP contribution in [0, 0.1) is 0 Å². The van der Waals surface area contributed by atoms with Crippen LogP contribution in [0.4, 0.5) is 0 Å². The SMILES string of the molecule is COc1ccc(CN2CCOC[C@H]2CC(=O)O)cc1Cn1cncn1. The van der Waals surface area contributed by atoms with Crippen molar-refractivity contribution in [3.8, 4) is 5.75 Å². The molecule has 0 aliphatic carbocycles. The van der Waals surface area contributed by atoms with Crippen LogP contribution in [0.3, 0.4) is 0 Å². The molecule has 1 fully saturated rings. The van der Waals surface area contributed by atoms with Gasteiger partial charge in [-0.2, -0.15) is 5.10 Å². The summed E-state index contributed by atoms with van der Waals surface area (Å²) in [6, 6.07) is 5.92. The number of benzene rings is 1. The van der Waals surface area contributed by atoms with Crippen molar-refractivity contribution in [3.05, 3.63) is 42.0 Å². The first kappa shape index (κ1) is 17.4. The third-order valence-electron chi connectivity index (χ3n) is 4.29. The van der Waals surface area contributed by atoms with Gasteiger partial charge in [-0.1, -0.05) is 6.07 Å². The predicted molar refractivity (Wildman–Crippen MR) is 89.4 cm³/mol. The van der Waals surface area contributed by atoms with Crippen molar-refractivity contribution in [1.82, 2.24) is 19.7 Å². The Labute approximate surface area is 146 Å². The smallest absolute Gasteiger partial charge is 0.305 e. The summed E-state index contributed by atoms with van der Waals surface area (Å²) in [5.41, 5.74) is 2.11. The van der Waals surface area contributed by atoms with Crippen molar-refractivity contribution in [2.75, 3.05) is 26.9 Å². The van der Waals surface area contributed by atoms with E-state index >= 15 is 0 Å². The lowest BCUT2D eigenvalue weighted by Crippen LogP contribution is -2.45. The number of nitrogens with zero attached hydrogens (tertiary/aromatic N) is 4. The molecule has 0 amide bonds. The van der Waals surface area contributed by atoms with E-state index in [0.717, 1.165) is 23.4 Å². The number of morpholine rings is 1. The summed E-state index contributed by atoms with van der Waals surface area (Å²) in [6.45, 7) is 3.04. The zero-order valence-corrected chi connectivity index (χ0v) is 14.2. The molecular weight excluding hydrogens is 324 g/mol. The minimum atomic E-state index is -0.804. The van der Waals surface area contributed by atoms with Gasteiger partial charge in [0.2, 0.25) is 0 Å². The minimum absolute atomic E-state index is 0.0853. The molecule has 134 valence electrons. The number of hydrogen-bond donors (Lipinski definition) is 1. The Morgan fingerprint density at radius 2 is 2.32 bits per heavy atom. The van der Waals surface area contributed by atoms with Gasteiger partial charge >= 0.3 is 5.97 Å². The summed E-state index contributed by atoms with van der Waals surface area (Å²) < 4.78 is 12.6. The zero-order valence-electron chi connectivity index (χ0n) is 14.2. The second kappa shape index (κ2) is 8.09. The maximum absolute atomic E-state index is 11.1. The summed E-state index contributed by atoms with van der Waals surface area (Å²) in [5.74, 6) is -0.00887. The molecule has 1 saturated heterocycles. The van der Waals surface area contributed by atoms with E-state index in [0.29, 0.717) is 26.3 Å². The molecule has 1 aliphatic heterocycles. The molecule has 1 aromatic carbocycles. The van der Waals surface area contributed by atoms with Gasteiger partial charge in [-0.15, -0.1) is 0 Å². The van der Waals surface area contributed by atoms with Gasteiger partial charge in [0.05, 0.1) is 33.3 Å². The van der Waals surface area contributed by atoms with E-state index in [-0.39, 0.29) is 12.5 Å². The van der Waals surface area contributed by atoms with Gasteiger partial charge in [-0.3, -0.25) is 9.69 Å². The highest BCUT2D eigenvalue weighted by Crippen LogP contribution is 2.23. The van der Waals surface area contributed by atoms with Gasteiger partial charge in [-0.05, 0) is 17.7 Å². The van der Waals surface area contributed by atoms with Crippen molar-refractivity contribution in [2.24, 2.45) is 0 Å². The van der Waals surface area contributed by atoms with E-state index in [9.17, 15) is 4.79 Å². The molecule has 3 rings (SSSR count). The number of methoxy groups -OCH3 is 1. The first-order valence-electron chi connectivity index (χ1n) is 8.17. The predicted octanol–water partition coefficient (Wildman–Crippen LogP) is 1.01. The largest absolute Gasteiger partial charge is 0.496 e. The van der Waals surface area contributed by atoms with Crippen LogP contribution in [0.1, 0.15) is 17.5 Å². The van der Waals surface area contributed by atoms with E-state index in [1.54, 1.807) is 18.1 Å². The molecule has 0 unspecified atom stereocenters. The van der Waals surface area contributed by atoms with Crippen molar-refractivity contribution in [2.45, 2.75) is 25.6 Å². The van der Waals surface area contributed by atoms with Gasteiger partial charge in [0, 0.05) is 24.7 Å². The summed E-state index contributed by atoms with van der Waals surface area (Å²) in [7, 11) is 1.64. The number of hydrogen-bond acceptors (Lipinski definition) is 6. The Balaban J connectivity index is 1.76. The van der Waals surface area contributed by atoms with E-state index < -0.39 is 5.97 Å². The average Bonchev–Trinajstić information content (AvgIpc) is 3.09. The van der Waals surface area contributed by atoms with Crippen molar-refractivity contribution in [1.29, 1.82) is 0 Å². The monoisotopic (exact) mass is 346 g/mol. The first-order chi connectivity index (χ1) is 12.2. The topological polar surface area (TPSA) is 89.7 Å². The van der Waals surface area contributed by atoms with Gasteiger partial charge in [0.15, 0.2) is 0 Å². The molecule has 0 saturated carbocycles. The number of rotatable bonds is 7. The summed E-state index contributed by atoms with van der Waals surface area (Å²) in [4.78, 5) is 17.2. The third-order valence-corrected chi connectivity index (χ3v) is 4.29. The molecule has 0 spiro atoms. The summed E-state index contributed by atoms with van der Waals surface area (Å²) >= 11 is 0. The molecule has 1 aromatic heterocycles. The third kappa shape index (κ3) is 4.55. The molecular formula is C17H22N4O4. The molecule has 0 radical (unpaired) electrons. The molecule has 0 bridgehead atoms. The molecule has 1 aliphatic rings. The van der Waals surface area contributed by atoms with E-state index in [1.165, 1.54) is 6.33 Å². The number of carboxylic acids is 1. The Bertz CT molecular complexity index is 705. The van der Waals surface area contributed by atoms with Crippen molar-refractivity contribution >= 4 is 5.97 Å². The quantitative estimate of drug-likeness (QED) is 0.800. The van der Waals surface area contributed by atoms with Crippen LogP contribution in [-0.4, -0.2) is 63.7 Å². The van der Waals surface area contributed by atoms with Crippen molar-refractivity contribution < 1.29 is 19.4 Å². The maximum Gasteiger partial charge on any atom is 0.305 e. The number of ether oxygens (including phenoxy) is 2. The molecule has 8 heteroatoms. The lowest BCUT2D eigenvalue weighted by atomic mass is 10.1. The lowest BCUT2D eigenvalue weighted by molar-refractivity contribution is -0.140. The van der Waals surface area contributed by atoms with E-state index in [2.05, 4.69) is 21.0 Å². The van der Waals surface area contributed by atoms with E-state index in [1.807, 2.05) is 12.1 Å². The second-order valence-corrected chi connectivity index (χ2v) is 6.04. The number of aliphatic carboxylic acids is 1. The Hall–Kier alpha value is -2.45. The Morgan fingerprint density at radius 1 is 1.44 bits per heavy atom. The molecule has 2 heterocycles. The van der Waals surface area contributed by atoms with Crippen LogP contribution in [0.2, 0.25) is 0 Å². The van der Waals surface area contributed by atoms with E-state index in [4.69, 9.17) is 14.6 Å². The highest BCUT2D eigenvalue weighted by Gasteiger charge is 2.25. The number of carboxylic acid groups (broad SMARTS) is 1. The highest BCUT2D eigenvalue weighted by molar-refractivity contribution is 5.67. The van der Waals surface area contributed by atoms with Crippen LogP contribution < -0.4 is 4.74 Å². The molecule has 8 nitrogen and oxygen atoms in total. The number of aromatic nitrogens is 3. The highest BCUT2D eigenvalue weighted by atomic mass is 16.5.